The number of halogens is 1. The molecule has 0 aliphatic carbocycles. The Morgan fingerprint density at radius 1 is 0.929 bits per heavy atom. The summed E-state index contributed by atoms with van der Waals surface area (Å²) in [5, 5.41) is 0.786. The van der Waals surface area contributed by atoms with Crippen LogP contribution in [-0.4, -0.2) is 42.8 Å². The molecule has 2 fully saturated rings. The van der Waals surface area contributed by atoms with Gasteiger partial charge >= 0.3 is 0 Å². The largest absolute Gasteiger partial charge is 0.292 e. The average molecular weight is 419 g/mol. The van der Waals surface area contributed by atoms with E-state index in [-0.39, 0.29) is 11.3 Å². The molecule has 2 aliphatic rings. The van der Waals surface area contributed by atoms with Crippen LogP contribution in [0.3, 0.4) is 0 Å². The maximum atomic E-state index is 13.1. The molecule has 28 heavy (non-hydrogen) atoms. The molecule has 2 aliphatic heterocycles. The molecule has 6 heteroatoms. The lowest BCUT2D eigenvalue weighted by Crippen LogP contribution is -2.56. The molecule has 0 amide bonds. The van der Waals surface area contributed by atoms with Crippen LogP contribution in [0.1, 0.15) is 36.8 Å². The second kappa shape index (κ2) is 8.15. The fourth-order valence-corrected chi connectivity index (χ4v) is 6.56. The van der Waals surface area contributed by atoms with E-state index in [4.69, 9.17) is 11.6 Å². The van der Waals surface area contributed by atoms with Gasteiger partial charge in [-0.1, -0.05) is 60.1 Å². The van der Waals surface area contributed by atoms with Crippen LogP contribution in [0.5, 0.6) is 0 Å². The number of benzene rings is 2. The third-order valence-corrected chi connectivity index (χ3v) is 8.33. The summed E-state index contributed by atoms with van der Waals surface area (Å²) in [4.78, 5) is 2.47. The predicted molar refractivity (Wildman–Crippen MR) is 114 cm³/mol. The van der Waals surface area contributed by atoms with E-state index >= 15 is 0 Å². The zero-order chi connectivity index (χ0) is 19.6. The molecule has 4 nitrogen and oxygen atoms in total. The van der Waals surface area contributed by atoms with Crippen molar-refractivity contribution in [3.8, 4) is 0 Å². The van der Waals surface area contributed by atoms with Gasteiger partial charge in [-0.25, -0.2) is 8.42 Å². The van der Waals surface area contributed by atoms with Gasteiger partial charge in [0.05, 0.1) is 5.75 Å². The lowest BCUT2D eigenvalue weighted by molar-refractivity contribution is 0.0679. The zero-order valence-electron chi connectivity index (χ0n) is 16.1. The van der Waals surface area contributed by atoms with Gasteiger partial charge in [-0.3, -0.25) is 4.90 Å². The molecule has 2 heterocycles. The summed E-state index contributed by atoms with van der Waals surface area (Å²) in [6, 6.07) is 17.4. The van der Waals surface area contributed by atoms with Crippen molar-refractivity contribution in [3.63, 3.8) is 0 Å². The van der Waals surface area contributed by atoms with Crippen LogP contribution >= 0.6 is 11.6 Å². The van der Waals surface area contributed by atoms with E-state index in [1.54, 1.807) is 4.31 Å². The highest BCUT2D eigenvalue weighted by atomic mass is 35.5. The normalized spacial score (nSPS) is 24.0. The van der Waals surface area contributed by atoms with Gasteiger partial charge < -0.3 is 0 Å². The molecule has 0 saturated carbocycles. The van der Waals surface area contributed by atoms with E-state index in [0.29, 0.717) is 13.1 Å². The molecular formula is C22H27ClN2O2S. The minimum atomic E-state index is -3.32. The summed E-state index contributed by atoms with van der Waals surface area (Å²) >= 11 is 6.39. The first-order chi connectivity index (χ1) is 13.5. The summed E-state index contributed by atoms with van der Waals surface area (Å²) in [6.45, 7) is 2.99. The Bertz CT molecular complexity index is 919. The van der Waals surface area contributed by atoms with E-state index in [9.17, 15) is 8.42 Å². The van der Waals surface area contributed by atoms with Crippen molar-refractivity contribution < 1.29 is 8.42 Å². The predicted octanol–water partition coefficient (Wildman–Crippen LogP) is 4.30. The lowest BCUT2D eigenvalue weighted by Gasteiger charge is -2.45. The summed E-state index contributed by atoms with van der Waals surface area (Å²) in [5.74, 6) is 0.0778. The van der Waals surface area contributed by atoms with E-state index in [2.05, 4.69) is 11.0 Å². The molecule has 2 aromatic rings. The maximum Gasteiger partial charge on any atom is 0.218 e. The number of nitrogens with zero attached hydrogens (tertiary/aromatic N) is 2. The van der Waals surface area contributed by atoms with Crippen LogP contribution < -0.4 is 0 Å². The zero-order valence-corrected chi connectivity index (χ0v) is 17.6. The Morgan fingerprint density at radius 2 is 1.61 bits per heavy atom. The van der Waals surface area contributed by atoms with Crippen LogP contribution in [-0.2, 0) is 22.3 Å². The van der Waals surface area contributed by atoms with Crippen LogP contribution in [0.2, 0.25) is 5.02 Å². The van der Waals surface area contributed by atoms with Gasteiger partial charge in [0.2, 0.25) is 10.0 Å². The van der Waals surface area contributed by atoms with E-state index in [0.717, 1.165) is 54.9 Å². The number of hydrogen-bond donors (Lipinski definition) is 0. The first-order valence-corrected chi connectivity index (χ1v) is 12.0. The number of likely N-dealkylation sites (tertiary alicyclic amines) is 1. The van der Waals surface area contributed by atoms with Crippen molar-refractivity contribution >= 4 is 21.6 Å². The van der Waals surface area contributed by atoms with Crippen molar-refractivity contribution in [2.45, 2.75) is 43.5 Å². The number of rotatable bonds is 5. The topological polar surface area (TPSA) is 40.6 Å². The van der Waals surface area contributed by atoms with Gasteiger partial charge in [0, 0.05) is 30.2 Å². The molecule has 1 spiro atoms. The monoisotopic (exact) mass is 418 g/mol. The maximum absolute atomic E-state index is 13.1. The third-order valence-electron chi connectivity index (χ3n) is 6.17. The van der Waals surface area contributed by atoms with Gasteiger partial charge in [-0.05, 0) is 49.4 Å². The Morgan fingerprint density at radius 3 is 2.36 bits per heavy atom. The van der Waals surface area contributed by atoms with Gasteiger partial charge in [0.25, 0.3) is 0 Å². The third kappa shape index (κ3) is 4.13. The van der Waals surface area contributed by atoms with E-state index in [1.165, 1.54) is 0 Å². The Kier molecular flexibility index (Phi) is 5.79. The smallest absolute Gasteiger partial charge is 0.218 e. The van der Waals surface area contributed by atoms with Gasteiger partial charge in [0.1, 0.15) is 0 Å². The highest BCUT2D eigenvalue weighted by Gasteiger charge is 2.46. The number of hydrogen-bond acceptors (Lipinski definition) is 3. The molecule has 0 radical (unpaired) electrons. The van der Waals surface area contributed by atoms with Gasteiger partial charge in [-0.15, -0.1) is 0 Å². The number of piperidine rings is 1. The molecule has 4 rings (SSSR count). The molecule has 1 atom stereocenters. The van der Waals surface area contributed by atoms with E-state index in [1.807, 2.05) is 48.5 Å². The lowest BCUT2D eigenvalue weighted by atomic mass is 9.87. The Hall–Kier alpha value is -1.40. The minimum absolute atomic E-state index is 0.0683. The molecule has 0 aromatic heterocycles. The van der Waals surface area contributed by atoms with Gasteiger partial charge in [-0.2, -0.15) is 4.31 Å². The average Bonchev–Trinajstić information content (AvgIpc) is 3.05. The van der Waals surface area contributed by atoms with Crippen LogP contribution in [0, 0.1) is 0 Å². The van der Waals surface area contributed by atoms with Crippen molar-refractivity contribution in [1.82, 2.24) is 9.21 Å². The quantitative estimate of drug-likeness (QED) is 0.726. The first kappa shape index (κ1) is 19.9. The minimum Gasteiger partial charge on any atom is -0.292 e. The Balaban J connectivity index is 1.52. The van der Waals surface area contributed by atoms with Crippen molar-refractivity contribution in [1.29, 1.82) is 0 Å². The van der Waals surface area contributed by atoms with Crippen molar-refractivity contribution in [2.24, 2.45) is 0 Å². The second-order valence-electron chi connectivity index (χ2n) is 8.02. The fourth-order valence-electron chi connectivity index (χ4n) is 4.72. The standard InChI is InChI=1S/C22H27ClN2O2S/c23-21-11-5-4-10-20(21)16-24-14-6-12-22(24)13-7-15-25(18-22)28(26,27)17-19-8-2-1-3-9-19/h1-5,8-11H,6-7,12-18H2. The Labute approximate surface area is 173 Å². The van der Waals surface area contributed by atoms with Crippen LogP contribution in [0.4, 0.5) is 0 Å². The molecule has 2 aromatic carbocycles. The highest BCUT2D eigenvalue weighted by Crippen LogP contribution is 2.39. The number of sulfonamides is 1. The molecule has 0 bridgehead atoms. The van der Waals surface area contributed by atoms with Gasteiger partial charge in [0.15, 0.2) is 0 Å². The summed E-state index contributed by atoms with van der Waals surface area (Å²) in [6.07, 6.45) is 4.12. The summed E-state index contributed by atoms with van der Waals surface area (Å²) in [5.41, 5.74) is 1.90. The fraction of sp³-hybridized carbons (Fsp3) is 0.455. The van der Waals surface area contributed by atoms with Crippen LogP contribution in [0.15, 0.2) is 54.6 Å². The van der Waals surface area contributed by atoms with E-state index < -0.39 is 10.0 Å². The molecule has 150 valence electrons. The highest BCUT2D eigenvalue weighted by molar-refractivity contribution is 7.88. The van der Waals surface area contributed by atoms with Crippen molar-refractivity contribution in [2.75, 3.05) is 19.6 Å². The first-order valence-electron chi connectivity index (χ1n) is 9.99. The second-order valence-corrected chi connectivity index (χ2v) is 10.4. The molecule has 0 N–H and O–H groups in total. The SMILES string of the molecule is O=S(=O)(Cc1ccccc1)N1CCCC2(CCCN2Cc2ccccc2Cl)C1. The molecular weight excluding hydrogens is 392 g/mol. The molecule has 1 unspecified atom stereocenters. The molecule has 2 saturated heterocycles. The van der Waals surface area contributed by atoms with Crippen LogP contribution in [0.25, 0.3) is 0 Å². The summed E-state index contributed by atoms with van der Waals surface area (Å²) < 4.78 is 27.9. The summed E-state index contributed by atoms with van der Waals surface area (Å²) in [7, 11) is -3.32. The van der Waals surface area contributed by atoms with Crippen molar-refractivity contribution in [3.05, 3.63) is 70.7 Å².